The summed E-state index contributed by atoms with van der Waals surface area (Å²) in [7, 11) is 0. The molecule has 8 heteroatoms. The Morgan fingerprint density at radius 1 is 1.23 bits per heavy atom. The molecule has 0 unspecified atom stereocenters. The van der Waals surface area contributed by atoms with Crippen LogP contribution in [0.15, 0.2) is 5.57 Å². The number of halogens is 5. The number of aromatic nitrogens is 1. The summed E-state index contributed by atoms with van der Waals surface area (Å²) in [6, 6.07) is 0. The van der Waals surface area contributed by atoms with E-state index in [4.69, 9.17) is 0 Å². The molecular weight excluding hydrogens is 357 g/mol. The van der Waals surface area contributed by atoms with Crippen LogP contribution in [0.25, 0.3) is 6.08 Å². The van der Waals surface area contributed by atoms with Gasteiger partial charge in [0, 0.05) is 5.56 Å². The number of hydrogen-bond donors (Lipinski definition) is 1. The smallest absolute Gasteiger partial charge is 0.433 e. The van der Waals surface area contributed by atoms with E-state index >= 15 is 0 Å². The van der Waals surface area contributed by atoms with E-state index in [1.54, 1.807) is 13.8 Å². The van der Waals surface area contributed by atoms with Crippen molar-refractivity contribution < 1.29 is 31.9 Å². The van der Waals surface area contributed by atoms with Crippen LogP contribution in [0.5, 0.6) is 0 Å². The molecule has 2 rings (SSSR count). The Morgan fingerprint density at radius 2 is 1.81 bits per heavy atom. The fraction of sp³-hybridized carbons (Fsp3) is 0.556. The Kier molecular flexibility index (Phi) is 6.03. The molecule has 144 valence electrons. The maximum atomic E-state index is 13.5. The van der Waals surface area contributed by atoms with Gasteiger partial charge in [0.25, 0.3) is 6.43 Å². The first-order chi connectivity index (χ1) is 12.0. The van der Waals surface area contributed by atoms with Gasteiger partial charge in [0.05, 0.1) is 5.56 Å². The molecule has 1 aliphatic carbocycles. The molecule has 0 aromatic carbocycles. The van der Waals surface area contributed by atoms with Crippen LogP contribution in [-0.4, -0.2) is 16.1 Å². The molecule has 3 nitrogen and oxygen atoms in total. The molecule has 0 bridgehead atoms. The van der Waals surface area contributed by atoms with Crippen LogP contribution in [0.4, 0.5) is 22.0 Å². The van der Waals surface area contributed by atoms with Gasteiger partial charge in [-0.2, -0.15) is 13.2 Å². The van der Waals surface area contributed by atoms with Crippen molar-refractivity contribution in [3.8, 4) is 0 Å². The zero-order chi connectivity index (χ0) is 19.6. The molecule has 0 saturated heterocycles. The minimum atomic E-state index is -4.96. The Balaban J connectivity index is 2.89. The molecule has 1 aliphatic rings. The highest BCUT2D eigenvalue weighted by atomic mass is 19.4. The third kappa shape index (κ3) is 4.40. The second kappa shape index (κ2) is 7.72. The Hall–Kier alpha value is -1.99. The van der Waals surface area contributed by atoms with Crippen molar-refractivity contribution in [2.45, 2.75) is 58.6 Å². The second-order valence-electron chi connectivity index (χ2n) is 6.82. The third-order valence-corrected chi connectivity index (χ3v) is 4.27. The second-order valence-corrected chi connectivity index (χ2v) is 6.82. The minimum absolute atomic E-state index is 0.0634. The molecule has 0 spiro atoms. The topological polar surface area (TPSA) is 50.2 Å². The van der Waals surface area contributed by atoms with Gasteiger partial charge in [-0.15, -0.1) is 0 Å². The molecule has 0 atom stereocenters. The predicted octanol–water partition coefficient (Wildman–Crippen LogP) is 5.89. The van der Waals surface area contributed by atoms with Gasteiger partial charge in [-0.05, 0) is 43.6 Å². The Bertz CT molecular complexity index is 715. The zero-order valence-corrected chi connectivity index (χ0v) is 14.5. The average Bonchev–Trinajstić information content (AvgIpc) is 2.99. The Labute approximate surface area is 147 Å². The SMILES string of the molecule is CC(C)Cc1c(C=C2CCCC2)c(C(F)(F)F)nc(C(F)F)c1C(=O)O. The number of carboxylic acids is 1. The molecule has 0 aliphatic heterocycles. The molecule has 1 aromatic rings. The summed E-state index contributed by atoms with van der Waals surface area (Å²) in [5, 5.41) is 9.41. The summed E-state index contributed by atoms with van der Waals surface area (Å²) in [6.07, 6.45) is -4.25. The molecule has 1 N–H and O–H groups in total. The van der Waals surface area contributed by atoms with Crippen LogP contribution in [0.3, 0.4) is 0 Å². The average molecular weight is 377 g/mol. The number of alkyl halides is 5. The number of hydrogen-bond acceptors (Lipinski definition) is 2. The zero-order valence-electron chi connectivity index (χ0n) is 14.5. The molecule has 1 heterocycles. The minimum Gasteiger partial charge on any atom is -0.478 e. The fourth-order valence-electron chi connectivity index (χ4n) is 3.23. The van der Waals surface area contributed by atoms with Crippen molar-refractivity contribution in [2.75, 3.05) is 0 Å². The van der Waals surface area contributed by atoms with E-state index in [1.807, 2.05) is 0 Å². The normalized spacial score (nSPS) is 15.2. The summed E-state index contributed by atoms with van der Waals surface area (Å²) >= 11 is 0. The monoisotopic (exact) mass is 377 g/mol. The summed E-state index contributed by atoms with van der Waals surface area (Å²) in [4.78, 5) is 14.7. The molecule has 1 saturated carbocycles. The lowest BCUT2D eigenvalue weighted by atomic mass is 9.90. The van der Waals surface area contributed by atoms with Gasteiger partial charge >= 0.3 is 12.1 Å². The highest BCUT2D eigenvalue weighted by Crippen LogP contribution is 2.39. The number of aromatic carboxylic acids is 1. The van der Waals surface area contributed by atoms with E-state index < -0.39 is 35.5 Å². The van der Waals surface area contributed by atoms with Crippen LogP contribution >= 0.6 is 0 Å². The van der Waals surface area contributed by atoms with Gasteiger partial charge < -0.3 is 5.11 Å². The molecule has 0 amide bonds. The van der Waals surface area contributed by atoms with Crippen molar-refractivity contribution in [1.29, 1.82) is 0 Å². The molecule has 1 fully saturated rings. The number of allylic oxidation sites excluding steroid dienone is 1. The van der Waals surface area contributed by atoms with Gasteiger partial charge in [-0.3, -0.25) is 0 Å². The van der Waals surface area contributed by atoms with Crippen LogP contribution in [0.2, 0.25) is 0 Å². The fourth-order valence-corrected chi connectivity index (χ4v) is 3.23. The first-order valence-electron chi connectivity index (χ1n) is 8.37. The highest BCUT2D eigenvalue weighted by molar-refractivity contribution is 5.92. The van der Waals surface area contributed by atoms with E-state index in [-0.39, 0.29) is 23.5 Å². The van der Waals surface area contributed by atoms with E-state index in [9.17, 15) is 31.9 Å². The van der Waals surface area contributed by atoms with Crippen LogP contribution < -0.4 is 0 Å². The highest BCUT2D eigenvalue weighted by Gasteiger charge is 2.40. The number of nitrogens with zero attached hydrogens (tertiary/aromatic N) is 1. The summed E-state index contributed by atoms with van der Waals surface area (Å²) in [5.41, 5.74) is -3.42. The summed E-state index contributed by atoms with van der Waals surface area (Å²) in [6.45, 7) is 3.38. The quantitative estimate of drug-likeness (QED) is 0.651. The maximum absolute atomic E-state index is 13.5. The number of carboxylic acid groups (broad SMARTS) is 1. The summed E-state index contributed by atoms with van der Waals surface area (Å²) < 4.78 is 67.2. The Morgan fingerprint density at radius 3 is 2.23 bits per heavy atom. The van der Waals surface area contributed by atoms with Crippen molar-refractivity contribution in [1.82, 2.24) is 4.98 Å². The molecular formula is C18H20F5NO2. The van der Waals surface area contributed by atoms with E-state index in [0.717, 1.165) is 18.4 Å². The predicted molar refractivity (Wildman–Crippen MR) is 86.1 cm³/mol. The number of pyridine rings is 1. The lowest BCUT2D eigenvalue weighted by molar-refractivity contribution is -0.141. The van der Waals surface area contributed by atoms with E-state index in [2.05, 4.69) is 4.98 Å². The summed E-state index contributed by atoms with van der Waals surface area (Å²) in [5.74, 6) is -1.91. The van der Waals surface area contributed by atoms with E-state index in [0.29, 0.717) is 12.8 Å². The van der Waals surface area contributed by atoms with Gasteiger partial charge in [0.2, 0.25) is 0 Å². The van der Waals surface area contributed by atoms with Crippen LogP contribution in [-0.2, 0) is 12.6 Å². The largest absolute Gasteiger partial charge is 0.478 e. The van der Waals surface area contributed by atoms with Gasteiger partial charge in [0.15, 0.2) is 5.69 Å². The van der Waals surface area contributed by atoms with Gasteiger partial charge in [-0.1, -0.05) is 25.5 Å². The lowest BCUT2D eigenvalue weighted by Crippen LogP contribution is -2.20. The van der Waals surface area contributed by atoms with Gasteiger partial charge in [-0.25, -0.2) is 18.6 Å². The number of rotatable bonds is 5. The van der Waals surface area contributed by atoms with Crippen LogP contribution in [0.1, 0.15) is 78.8 Å². The van der Waals surface area contributed by atoms with Crippen LogP contribution in [0, 0.1) is 5.92 Å². The van der Waals surface area contributed by atoms with Crippen molar-refractivity contribution in [3.05, 3.63) is 33.7 Å². The van der Waals surface area contributed by atoms with Crippen molar-refractivity contribution >= 4 is 12.0 Å². The van der Waals surface area contributed by atoms with Gasteiger partial charge in [0.1, 0.15) is 5.69 Å². The van der Waals surface area contributed by atoms with Crippen molar-refractivity contribution in [3.63, 3.8) is 0 Å². The first kappa shape index (κ1) is 20.3. The number of carbonyl (C=O) groups is 1. The lowest BCUT2D eigenvalue weighted by Gasteiger charge is -2.20. The molecule has 1 aromatic heterocycles. The first-order valence-corrected chi connectivity index (χ1v) is 8.37. The molecule has 26 heavy (non-hydrogen) atoms. The van der Waals surface area contributed by atoms with Crippen molar-refractivity contribution in [2.24, 2.45) is 5.92 Å². The third-order valence-electron chi connectivity index (χ3n) is 4.27. The maximum Gasteiger partial charge on any atom is 0.433 e. The van der Waals surface area contributed by atoms with E-state index in [1.165, 1.54) is 6.08 Å². The standard InChI is InChI=1S/C18H20F5NO2/c1-9(2)7-11-12(8-10-5-3-4-6-10)15(18(21,22)23)24-14(16(19)20)13(11)17(25)26/h8-9,16H,3-7H2,1-2H3,(H,25,26). The molecule has 0 radical (unpaired) electrons.